The van der Waals surface area contributed by atoms with Crippen LogP contribution in [0.5, 0.6) is 0 Å². The van der Waals surface area contributed by atoms with Crippen LogP contribution >= 0.6 is 45.2 Å². The van der Waals surface area contributed by atoms with Gasteiger partial charge in [0.05, 0.1) is 24.0 Å². The van der Waals surface area contributed by atoms with Gasteiger partial charge in [0, 0.05) is 18.0 Å². The smallest absolute Gasteiger partial charge is 0.159 e. The molecule has 0 bridgehead atoms. The van der Waals surface area contributed by atoms with E-state index in [1.165, 1.54) is 25.7 Å². The van der Waals surface area contributed by atoms with Gasteiger partial charge in [0.15, 0.2) is 2.12 Å². The molecule has 6 heteroatoms. The van der Waals surface area contributed by atoms with Crippen LogP contribution in [0.4, 0.5) is 0 Å². The monoisotopic (exact) mass is 509 g/mol. The van der Waals surface area contributed by atoms with Gasteiger partial charge in [-0.1, -0.05) is 18.9 Å². The van der Waals surface area contributed by atoms with Crippen molar-refractivity contribution < 1.29 is 4.74 Å². The Morgan fingerprint density at radius 1 is 1.24 bits per heavy atom. The Bertz CT molecular complexity index is 594. The Hall–Kier alpha value is -0.220. The Kier molecular flexibility index (Phi) is 5.49. The molecule has 0 unspecified atom stereocenters. The number of rotatable bonds is 5. The highest BCUT2D eigenvalue weighted by Crippen LogP contribution is 2.33. The van der Waals surface area contributed by atoms with Gasteiger partial charge in [-0.25, -0.2) is 0 Å². The summed E-state index contributed by atoms with van der Waals surface area (Å²) >= 11 is 4.52. The van der Waals surface area contributed by atoms with Crippen LogP contribution in [0.15, 0.2) is 30.6 Å². The molecule has 0 spiro atoms. The number of hydrogen-bond acceptors (Lipinski definition) is 3. The van der Waals surface area contributed by atoms with Crippen LogP contribution in [0.25, 0.3) is 11.4 Å². The van der Waals surface area contributed by atoms with Crippen LogP contribution in [0.1, 0.15) is 37.3 Å². The van der Waals surface area contributed by atoms with E-state index in [9.17, 15) is 0 Å². The number of aromatic nitrogens is 3. The molecule has 2 heterocycles. The molecule has 2 aromatic heterocycles. The van der Waals surface area contributed by atoms with Crippen LogP contribution in [0.2, 0.25) is 0 Å². The number of nitrogens with zero attached hydrogens (tertiary/aromatic N) is 3. The van der Waals surface area contributed by atoms with Crippen molar-refractivity contribution in [2.24, 2.45) is 0 Å². The van der Waals surface area contributed by atoms with Gasteiger partial charge >= 0.3 is 0 Å². The minimum atomic E-state index is 0.160. The highest BCUT2D eigenvalue weighted by molar-refractivity contribution is 14.2. The first kappa shape index (κ1) is 15.7. The first-order chi connectivity index (χ1) is 10.3. The third-order valence-electron chi connectivity index (χ3n) is 3.84. The van der Waals surface area contributed by atoms with Crippen LogP contribution in [-0.4, -0.2) is 16.9 Å². The molecule has 112 valence electrons. The van der Waals surface area contributed by atoms with E-state index in [4.69, 9.17) is 4.74 Å². The molecule has 4 nitrogen and oxygen atoms in total. The summed E-state index contributed by atoms with van der Waals surface area (Å²) in [5.74, 6) is 0. The van der Waals surface area contributed by atoms with Gasteiger partial charge in [-0.15, -0.1) is 0 Å². The normalized spacial score (nSPS) is 16.0. The highest BCUT2D eigenvalue weighted by atomic mass is 127. The summed E-state index contributed by atoms with van der Waals surface area (Å²) in [5.41, 5.74) is 3.23. The molecule has 1 saturated carbocycles. The Labute approximate surface area is 152 Å². The molecule has 0 radical (unpaired) electrons. The molecular weight excluding hydrogens is 492 g/mol. The Balaban J connectivity index is 1.91. The lowest BCUT2D eigenvalue weighted by molar-refractivity contribution is 0.166. The average Bonchev–Trinajstić information content (AvgIpc) is 3.15. The van der Waals surface area contributed by atoms with Crippen LogP contribution in [-0.2, 0) is 11.3 Å². The summed E-state index contributed by atoms with van der Waals surface area (Å²) in [7, 11) is 0. The second-order valence-electron chi connectivity index (χ2n) is 5.18. The fraction of sp³-hybridized carbons (Fsp3) is 0.467. The molecular formula is C15H17I2N3O. The van der Waals surface area contributed by atoms with Crippen molar-refractivity contribution in [2.45, 2.75) is 40.4 Å². The summed E-state index contributed by atoms with van der Waals surface area (Å²) < 4.78 is 8.05. The van der Waals surface area contributed by atoms with Gasteiger partial charge in [-0.2, -0.15) is 5.10 Å². The summed E-state index contributed by atoms with van der Waals surface area (Å²) in [4.78, 5) is 4.59. The summed E-state index contributed by atoms with van der Waals surface area (Å²) in [6, 6.07) is 6.64. The molecule has 0 atom stereocenters. The fourth-order valence-electron chi connectivity index (χ4n) is 2.88. The second-order valence-corrected chi connectivity index (χ2v) is 9.83. The predicted octanol–water partition coefficient (Wildman–Crippen LogP) is 4.73. The van der Waals surface area contributed by atoms with Crippen LogP contribution in [0.3, 0.4) is 0 Å². The van der Waals surface area contributed by atoms with Crippen molar-refractivity contribution in [3.05, 3.63) is 36.2 Å². The van der Waals surface area contributed by atoms with E-state index in [0.717, 1.165) is 17.0 Å². The van der Waals surface area contributed by atoms with E-state index in [0.29, 0.717) is 12.6 Å². The predicted molar refractivity (Wildman–Crippen MR) is 99.6 cm³/mol. The largest absolute Gasteiger partial charge is 0.353 e. The van der Waals surface area contributed by atoms with E-state index < -0.39 is 0 Å². The van der Waals surface area contributed by atoms with Gasteiger partial charge in [0.1, 0.15) is 0 Å². The summed E-state index contributed by atoms with van der Waals surface area (Å²) in [6.07, 6.45) is 8.76. The third kappa shape index (κ3) is 3.76. The number of ether oxygens (including phenoxy) is 1. The van der Waals surface area contributed by atoms with Crippen LogP contribution in [0, 0.1) is 0 Å². The van der Waals surface area contributed by atoms with Crippen molar-refractivity contribution in [3.8, 4) is 11.4 Å². The summed E-state index contributed by atoms with van der Waals surface area (Å²) in [6.45, 7) is 0.579. The maximum atomic E-state index is 5.74. The molecule has 0 aliphatic heterocycles. The van der Waals surface area contributed by atoms with Crippen molar-refractivity contribution in [3.63, 3.8) is 0 Å². The lowest BCUT2D eigenvalue weighted by atomic mass is 10.1. The van der Waals surface area contributed by atoms with E-state index in [2.05, 4.69) is 72.1 Å². The van der Waals surface area contributed by atoms with Gasteiger partial charge < -0.3 is 4.74 Å². The zero-order chi connectivity index (χ0) is 14.7. The third-order valence-corrected chi connectivity index (χ3v) is 4.56. The first-order valence-corrected chi connectivity index (χ1v) is 9.62. The molecule has 1 aliphatic carbocycles. The number of halogens is 2. The van der Waals surface area contributed by atoms with Gasteiger partial charge in [0.2, 0.25) is 0 Å². The van der Waals surface area contributed by atoms with E-state index in [-0.39, 0.29) is 2.12 Å². The molecule has 1 aliphatic rings. The molecule has 21 heavy (non-hydrogen) atoms. The Morgan fingerprint density at radius 3 is 2.81 bits per heavy atom. The molecule has 0 N–H and O–H groups in total. The van der Waals surface area contributed by atoms with Crippen molar-refractivity contribution in [1.29, 1.82) is 0 Å². The van der Waals surface area contributed by atoms with Gasteiger partial charge in [-0.05, 0) is 70.2 Å². The molecule has 2 aromatic rings. The highest BCUT2D eigenvalue weighted by Gasteiger charge is 2.21. The zero-order valence-corrected chi connectivity index (χ0v) is 15.9. The zero-order valence-electron chi connectivity index (χ0n) is 11.6. The molecule has 1 fully saturated rings. The lowest BCUT2D eigenvalue weighted by Crippen LogP contribution is -2.10. The second kappa shape index (κ2) is 7.36. The summed E-state index contributed by atoms with van der Waals surface area (Å²) in [5, 5.41) is 4.54. The van der Waals surface area contributed by atoms with Crippen LogP contribution < -0.4 is 0 Å². The Morgan fingerprint density at radius 2 is 2.05 bits per heavy atom. The minimum absolute atomic E-state index is 0.160. The van der Waals surface area contributed by atoms with Crippen molar-refractivity contribution >= 4 is 45.2 Å². The van der Waals surface area contributed by atoms with E-state index in [1.54, 1.807) is 0 Å². The topological polar surface area (TPSA) is 39.9 Å². The van der Waals surface area contributed by atoms with Gasteiger partial charge in [0.25, 0.3) is 0 Å². The molecule has 0 amide bonds. The molecule has 0 aromatic carbocycles. The van der Waals surface area contributed by atoms with Gasteiger partial charge in [-0.3, -0.25) is 9.67 Å². The lowest BCUT2D eigenvalue weighted by Gasteiger charge is -2.16. The number of pyridine rings is 1. The minimum Gasteiger partial charge on any atom is -0.353 e. The van der Waals surface area contributed by atoms with Crippen molar-refractivity contribution in [2.75, 3.05) is 0 Å². The van der Waals surface area contributed by atoms with E-state index in [1.807, 2.05) is 18.5 Å². The average molecular weight is 509 g/mol. The number of hydrogen-bond donors (Lipinski definition) is 0. The standard InChI is InChI=1S/C15H17I2N3O/c16-15(17)21-10-11-4-3-8-18-14(11)13-7-9-19-20(13)12-5-1-2-6-12/h3-4,7-9,12,15H,1-2,5-6,10H2. The first-order valence-electron chi connectivity index (χ1n) is 7.13. The maximum Gasteiger partial charge on any atom is 0.159 e. The SMILES string of the molecule is IC(I)OCc1cccnc1-c1ccnn1C1CCCC1. The number of alkyl halides is 2. The fourth-order valence-corrected chi connectivity index (χ4v) is 3.24. The van der Waals surface area contributed by atoms with Crippen molar-refractivity contribution in [1.82, 2.24) is 14.8 Å². The molecule has 3 rings (SSSR count). The molecule has 0 saturated heterocycles. The maximum absolute atomic E-state index is 5.74. The van der Waals surface area contributed by atoms with E-state index >= 15 is 0 Å². The quantitative estimate of drug-likeness (QED) is 0.433.